The molecule has 0 aliphatic carbocycles. The molecule has 0 unspecified atom stereocenters. The smallest absolute Gasteiger partial charge is 0.432 e. The van der Waals surface area contributed by atoms with Crippen LogP contribution in [0.3, 0.4) is 0 Å². The van der Waals surface area contributed by atoms with Gasteiger partial charge < -0.3 is 4.74 Å². The van der Waals surface area contributed by atoms with E-state index in [1.165, 1.54) is 0 Å². The van der Waals surface area contributed by atoms with Gasteiger partial charge in [0.1, 0.15) is 0 Å². The summed E-state index contributed by atoms with van der Waals surface area (Å²) >= 11 is 0. The number of hydrogen-bond acceptors (Lipinski definition) is 5. The molecule has 0 heterocycles. The van der Waals surface area contributed by atoms with Crippen molar-refractivity contribution >= 4 is 6.16 Å². The minimum atomic E-state index is -0.866. The summed E-state index contributed by atoms with van der Waals surface area (Å²) in [6.45, 7) is 9.90. The van der Waals surface area contributed by atoms with E-state index in [1.807, 2.05) is 0 Å². The van der Waals surface area contributed by atoms with E-state index in [1.54, 1.807) is 20.8 Å². The van der Waals surface area contributed by atoms with E-state index >= 15 is 0 Å². The normalized spacial score (nSPS) is 13.2. The highest BCUT2D eigenvalue weighted by Crippen LogP contribution is 2.13. The maximum atomic E-state index is 11.2. The molecule has 0 N–H and O–H groups in total. The molecule has 0 aliphatic rings. The Kier molecular flexibility index (Phi) is 8.75. The first-order valence-electron chi connectivity index (χ1n) is 6.58. The molecule has 0 fully saturated rings. The van der Waals surface area contributed by atoms with Gasteiger partial charge in [0, 0.05) is 0 Å². The Balaban J connectivity index is 3.68. The molecule has 0 spiro atoms. The minimum Gasteiger partial charge on any atom is -0.432 e. The quantitative estimate of drug-likeness (QED) is 0.375. The molecule has 108 valence electrons. The molecule has 0 aromatic heterocycles. The van der Waals surface area contributed by atoms with Crippen LogP contribution in [0.2, 0.25) is 0 Å². The standard InChI is InChI=1S/C13H26O5/c1-6-8-9-11(7-2)10-15-12(14)16-18-17-13(3,4)5/h11H,6-10H2,1-5H3/t11-/m0/s1. The first kappa shape index (κ1) is 17.2. The van der Waals surface area contributed by atoms with Gasteiger partial charge in [0.25, 0.3) is 0 Å². The first-order valence-corrected chi connectivity index (χ1v) is 6.58. The lowest BCUT2D eigenvalue weighted by Gasteiger charge is -2.16. The van der Waals surface area contributed by atoms with E-state index in [0.717, 1.165) is 25.7 Å². The van der Waals surface area contributed by atoms with Crippen molar-refractivity contribution in [3.8, 4) is 0 Å². The highest BCUT2D eigenvalue weighted by atomic mass is 17.5. The van der Waals surface area contributed by atoms with Crippen LogP contribution in [-0.2, 0) is 19.6 Å². The predicted octanol–water partition coefficient (Wildman–Crippen LogP) is 4.02. The topological polar surface area (TPSA) is 54.0 Å². The summed E-state index contributed by atoms with van der Waals surface area (Å²) in [6.07, 6.45) is 3.45. The van der Waals surface area contributed by atoms with Gasteiger partial charge in [-0.3, -0.25) is 0 Å². The second-order valence-electron chi connectivity index (χ2n) is 5.32. The van der Waals surface area contributed by atoms with Crippen molar-refractivity contribution in [2.45, 2.75) is 65.9 Å². The SMILES string of the molecule is CCCC[C@H](CC)COC(=O)OOOC(C)(C)C. The third-order valence-corrected chi connectivity index (χ3v) is 2.37. The van der Waals surface area contributed by atoms with E-state index in [2.05, 4.69) is 23.8 Å². The number of rotatable bonds is 8. The number of unbranched alkanes of at least 4 members (excludes halogenated alkanes) is 1. The van der Waals surface area contributed by atoms with Crippen LogP contribution in [0.15, 0.2) is 0 Å². The Bertz CT molecular complexity index is 222. The van der Waals surface area contributed by atoms with Crippen LogP contribution in [0.25, 0.3) is 0 Å². The lowest BCUT2D eigenvalue weighted by atomic mass is 10.0. The zero-order chi connectivity index (χ0) is 14.0. The molecule has 0 aromatic carbocycles. The molecule has 1 atom stereocenters. The van der Waals surface area contributed by atoms with Gasteiger partial charge in [-0.15, -0.1) is 0 Å². The van der Waals surface area contributed by atoms with Gasteiger partial charge in [-0.2, -0.15) is 4.89 Å². The molecule has 0 bridgehead atoms. The lowest BCUT2D eigenvalue weighted by molar-refractivity contribution is -0.514. The van der Waals surface area contributed by atoms with E-state index in [4.69, 9.17) is 9.62 Å². The summed E-state index contributed by atoms with van der Waals surface area (Å²) in [5.74, 6) is 0.376. The molecular formula is C13H26O5. The molecule has 0 aromatic rings. The fourth-order valence-electron chi connectivity index (χ4n) is 1.25. The Morgan fingerprint density at radius 1 is 1.22 bits per heavy atom. The molecule has 0 saturated carbocycles. The van der Waals surface area contributed by atoms with Crippen LogP contribution in [0, 0.1) is 5.92 Å². The number of hydrogen-bond donors (Lipinski definition) is 0. The highest BCUT2D eigenvalue weighted by molar-refractivity contribution is 5.58. The van der Waals surface area contributed by atoms with Crippen molar-refractivity contribution in [3.63, 3.8) is 0 Å². The molecule has 5 heteroatoms. The van der Waals surface area contributed by atoms with Crippen molar-refractivity contribution in [1.29, 1.82) is 0 Å². The van der Waals surface area contributed by atoms with Crippen molar-refractivity contribution in [1.82, 2.24) is 0 Å². The van der Waals surface area contributed by atoms with Crippen molar-refractivity contribution in [3.05, 3.63) is 0 Å². The zero-order valence-electron chi connectivity index (χ0n) is 12.2. The molecule has 0 radical (unpaired) electrons. The maximum Gasteiger partial charge on any atom is 0.542 e. The van der Waals surface area contributed by atoms with Gasteiger partial charge in [0.05, 0.1) is 12.2 Å². The highest BCUT2D eigenvalue weighted by Gasteiger charge is 2.16. The van der Waals surface area contributed by atoms with Gasteiger partial charge in [-0.05, 0) is 38.1 Å². The van der Waals surface area contributed by atoms with E-state index in [0.29, 0.717) is 12.5 Å². The van der Waals surface area contributed by atoms with Crippen LogP contribution in [0.4, 0.5) is 4.79 Å². The van der Waals surface area contributed by atoms with Crippen LogP contribution in [0.1, 0.15) is 60.3 Å². The number of carbonyl (C=O) groups is 1. The zero-order valence-corrected chi connectivity index (χ0v) is 12.2. The second-order valence-corrected chi connectivity index (χ2v) is 5.32. The van der Waals surface area contributed by atoms with Crippen molar-refractivity contribution < 1.29 is 24.3 Å². The second kappa shape index (κ2) is 9.16. The van der Waals surface area contributed by atoms with Crippen LogP contribution in [-0.4, -0.2) is 18.4 Å². The molecule has 5 nitrogen and oxygen atoms in total. The summed E-state index contributed by atoms with van der Waals surface area (Å²) in [4.78, 5) is 20.3. The molecule has 18 heavy (non-hydrogen) atoms. The molecule has 0 amide bonds. The van der Waals surface area contributed by atoms with Crippen molar-refractivity contribution in [2.75, 3.05) is 6.61 Å². The van der Waals surface area contributed by atoms with Gasteiger partial charge in [0.2, 0.25) is 0 Å². The largest absolute Gasteiger partial charge is 0.542 e. The summed E-state index contributed by atoms with van der Waals surface area (Å²) in [5.41, 5.74) is -0.534. The summed E-state index contributed by atoms with van der Waals surface area (Å²) in [6, 6.07) is 0. The minimum absolute atomic E-state index is 0.355. The third-order valence-electron chi connectivity index (χ3n) is 2.37. The summed E-state index contributed by atoms with van der Waals surface area (Å²) in [5, 5.41) is 4.33. The monoisotopic (exact) mass is 262 g/mol. The Morgan fingerprint density at radius 2 is 1.89 bits per heavy atom. The predicted molar refractivity (Wildman–Crippen MR) is 67.7 cm³/mol. The van der Waals surface area contributed by atoms with E-state index < -0.39 is 11.8 Å². The number of carbonyl (C=O) groups excluding carboxylic acids is 1. The van der Waals surface area contributed by atoms with Gasteiger partial charge in [-0.25, -0.2) is 9.68 Å². The maximum absolute atomic E-state index is 11.2. The van der Waals surface area contributed by atoms with E-state index in [9.17, 15) is 4.79 Å². The average Bonchev–Trinajstić information content (AvgIpc) is 2.27. The molecular weight excluding hydrogens is 236 g/mol. The Labute approximate surface area is 110 Å². The summed E-state index contributed by atoms with van der Waals surface area (Å²) in [7, 11) is 0. The van der Waals surface area contributed by atoms with Crippen LogP contribution >= 0.6 is 0 Å². The number of ether oxygens (including phenoxy) is 1. The Hall–Kier alpha value is -0.810. The summed E-state index contributed by atoms with van der Waals surface area (Å²) < 4.78 is 4.94. The average molecular weight is 262 g/mol. The van der Waals surface area contributed by atoms with Gasteiger partial charge >= 0.3 is 6.16 Å². The third kappa shape index (κ3) is 10.4. The molecule has 0 aliphatic heterocycles. The fraction of sp³-hybridized carbons (Fsp3) is 0.923. The first-order chi connectivity index (χ1) is 8.39. The van der Waals surface area contributed by atoms with Gasteiger partial charge in [-0.1, -0.05) is 33.1 Å². The van der Waals surface area contributed by atoms with Crippen LogP contribution in [0.5, 0.6) is 0 Å². The lowest BCUT2D eigenvalue weighted by Crippen LogP contribution is -2.22. The van der Waals surface area contributed by atoms with Gasteiger partial charge in [0.15, 0.2) is 0 Å². The molecule has 0 rings (SSSR count). The Morgan fingerprint density at radius 3 is 2.39 bits per heavy atom. The molecule has 0 saturated heterocycles. The van der Waals surface area contributed by atoms with Crippen molar-refractivity contribution in [2.24, 2.45) is 5.92 Å². The fourth-order valence-corrected chi connectivity index (χ4v) is 1.25. The van der Waals surface area contributed by atoms with Crippen LogP contribution < -0.4 is 0 Å². The van der Waals surface area contributed by atoms with E-state index in [-0.39, 0.29) is 0 Å².